The maximum absolute atomic E-state index is 12.6. The second kappa shape index (κ2) is 8.69. The van der Waals surface area contributed by atoms with Gasteiger partial charge in [0.05, 0.1) is 6.54 Å². The zero-order valence-electron chi connectivity index (χ0n) is 16.7. The van der Waals surface area contributed by atoms with E-state index in [0.717, 1.165) is 22.4 Å². The zero-order chi connectivity index (χ0) is 20.1. The number of rotatable bonds is 7. The first-order valence-corrected chi connectivity index (χ1v) is 9.43. The van der Waals surface area contributed by atoms with E-state index in [4.69, 9.17) is 4.74 Å². The highest BCUT2D eigenvalue weighted by Crippen LogP contribution is 2.28. The largest absolute Gasteiger partial charge is 0.481 e. The third kappa shape index (κ3) is 4.97. The number of carbonyl (C=O) groups is 1. The SMILES string of the molecule is Cc1ccc(C(C)C)c(OC(C)C(=O)Nc2ccn(Cc3ccncc3)n2)c1. The Morgan fingerprint density at radius 2 is 1.89 bits per heavy atom. The number of aromatic nitrogens is 3. The molecular weight excluding hydrogens is 352 g/mol. The lowest BCUT2D eigenvalue weighted by molar-refractivity contribution is -0.122. The van der Waals surface area contributed by atoms with Gasteiger partial charge in [-0.2, -0.15) is 5.10 Å². The Kier molecular flexibility index (Phi) is 6.09. The average molecular weight is 378 g/mol. The van der Waals surface area contributed by atoms with Gasteiger partial charge < -0.3 is 10.1 Å². The molecule has 28 heavy (non-hydrogen) atoms. The molecule has 2 aromatic heterocycles. The van der Waals surface area contributed by atoms with E-state index in [0.29, 0.717) is 18.3 Å². The number of pyridine rings is 1. The number of nitrogens with one attached hydrogen (secondary N) is 1. The van der Waals surface area contributed by atoms with E-state index in [1.165, 1.54) is 0 Å². The molecule has 1 amide bonds. The van der Waals surface area contributed by atoms with Gasteiger partial charge >= 0.3 is 0 Å². The molecule has 0 radical (unpaired) electrons. The van der Waals surface area contributed by atoms with E-state index in [-0.39, 0.29) is 5.91 Å². The number of hydrogen-bond donors (Lipinski definition) is 1. The van der Waals surface area contributed by atoms with Gasteiger partial charge in [0.25, 0.3) is 5.91 Å². The van der Waals surface area contributed by atoms with E-state index in [9.17, 15) is 4.79 Å². The quantitative estimate of drug-likeness (QED) is 0.670. The van der Waals surface area contributed by atoms with Crippen molar-refractivity contribution in [2.45, 2.75) is 46.3 Å². The molecule has 1 N–H and O–H groups in total. The molecule has 0 aliphatic heterocycles. The highest BCUT2D eigenvalue weighted by atomic mass is 16.5. The molecule has 0 fully saturated rings. The molecule has 1 atom stereocenters. The lowest BCUT2D eigenvalue weighted by atomic mass is 10.0. The minimum atomic E-state index is -0.635. The molecule has 6 nitrogen and oxygen atoms in total. The summed E-state index contributed by atoms with van der Waals surface area (Å²) in [7, 11) is 0. The van der Waals surface area contributed by atoms with Gasteiger partial charge in [-0.05, 0) is 54.7 Å². The van der Waals surface area contributed by atoms with Crippen LogP contribution in [0.15, 0.2) is 55.0 Å². The molecule has 3 aromatic rings. The van der Waals surface area contributed by atoms with Gasteiger partial charge in [-0.25, -0.2) is 0 Å². The van der Waals surface area contributed by atoms with Crippen LogP contribution >= 0.6 is 0 Å². The molecule has 0 saturated heterocycles. The molecule has 146 valence electrons. The predicted octanol–water partition coefficient (Wildman–Crippen LogP) is 4.16. The molecule has 0 spiro atoms. The minimum Gasteiger partial charge on any atom is -0.481 e. The number of amides is 1. The van der Waals surface area contributed by atoms with Gasteiger partial charge in [0, 0.05) is 24.7 Å². The minimum absolute atomic E-state index is 0.231. The molecule has 0 bridgehead atoms. The summed E-state index contributed by atoms with van der Waals surface area (Å²) in [5.41, 5.74) is 3.28. The van der Waals surface area contributed by atoms with Crippen molar-refractivity contribution in [2.75, 3.05) is 5.32 Å². The first kappa shape index (κ1) is 19.6. The molecule has 3 rings (SSSR count). The van der Waals surface area contributed by atoms with Crippen molar-refractivity contribution in [2.24, 2.45) is 0 Å². The van der Waals surface area contributed by atoms with E-state index >= 15 is 0 Å². The first-order chi connectivity index (χ1) is 13.4. The van der Waals surface area contributed by atoms with Crippen LogP contribution in [0, 0.1) is 6.92 Å². The Morgan fingerprint density at radius 3 is 2.61 bits per heavy atom. The summed E-state index contributed by atoms with van der Waals surface area (Å²) < 4.78 is 7.74. The maximum atomic E-state index is 12.6. The van der Waals surface area contributed by atoms with Gasteiger partial charge in [0.15, 0.2) is 11.9 Å². The van der Waals surface area contributed by atoms with E-state index < -0.39 is 6.10 Å². The number of benzene rings is 1. The van der Waals surface area contributed by atoms with Crippen LogP contribution in [0.2, 0.25) is 0 Å². The number of aryl methyl sites for hydroxylation is 1. The molecular formula is C22H26N4O2. The highest BCUT2D eigenvalue weighted by molar-refractivity contribution is 5.93. The summed E-state index contributed by atoms with van der Waals surface area (Å²) in [4.78, 5) is 16.6. The van der Waals surface area contributed by atoms with E-state index in [2.05, 4.69) is 41.4 Å². The molecule has 1 aromatic carbocycles. The van der Waals surface area contributed by atoms with Gasteiger partial charge in [-0.3, -0.25) is 14.5 Å². The third-order valence-corrected chi connectivity index (χ3v) is 4.45. The number of hydrogen-bond acceptors (Lipinski definition) is 4. The second-order valence-corrected chi connectivity index (χ2v) is 7.20. The Morgan fingerprint density at radius 1 is 1.14 bits per heavy atom. The van der Waals surface area contributed by atoms with Crippen molar-refractivity contribution >= 4 is 11.7 Å². The number of anilines is 1. The zero-order valence-corrected chi connectivity index (χ0v) is 16.7. The summed E-state index contributed by atoms with van der Waals surface area (Å²) in [6.07, 6.45) is 4.69. The Hall–Kier alpha value is -3.15. The fourth-order valence-corrected chi connectivity index (χ4v) is 2.88. The van der Waals surface area contributed by atoms with Crippen LogP contribution in [0.5, 0.6) is 5.75 Å². The highest BCUT2D eigenvalue weighted by Gasteiger charge is 2.18. The Labute approximate surface area is 165 Å². The van der Waals surface area contributed by atoms with Crippen LogP contribution in [0.4, 0.5) is 5.82 Å². The monoisotopic (exact) mass is 378 g/mol. The van der Waals surface area contributed by atoms with Gasteiger partial charge in [-0.15, -0.1) is 0 Å². The lowest BCUT2D eigenvalue weighted by Gasteiger charge is -2.19. The van der Waals surface area contributed by atoms with Gasteiger partial charge in [0.1, 0.15) is 5.75 Å². The van der Waals surface area contributed by atoms with Crippen molar-refractivity contribution in [3.8, 4) is 5.75 Å². The van der Waals surface area contributed by atoms with Crippen LogP contribution in [0.25, 0.3) is 0 Å². The van der Waals surface area contributed by atoms with Crippen LogP contribution in [-0.4, -0.2) is 26.8 Å². The van der Waals surface area contributed by atoms with Crippen LogP contribution in [-0.2, 0) is 11.3 Å². The average Bonchev–Trinajstić information content (AvgIpc) is 3.09. The third-order valence-electron chi connectivity index (χ3n) is 4.45. The van der Waals surface area contributed by atoms with Crippen molar-refractivity contribution in [3.05, 3.63) is 71.7 Å². The summed E-state index contributed by atoms with van der Waals surface area (Å²) in [6.45, 7) is 8.59. The summed E-state index contributed by atoms with van der Waals surface area (Å²) in [6, 6.07) is 11.7. The maximum Gasteiger partial charge on any atom is 0.266 e. The molecule has 6 heteroatoms. The lowest BCUT2D eigenvalue weighted by Crippen LogP contribution is -2.30. The van der Waals surface area contributed by atoms with Crippen LogP contribution < -0.4 is 10.1 Å². The van der Waals surface area contributed by atoms with Crippen molar-refractivity contribution < 1.29 is 9.53 Å². The number of nitrogens with zero attached hydrogens (tertiary/aromatic N) is 3. The smallest absolute Gasteiger partial charge is 0.266 e. The van der Waals surface area contributed by atoms with Gasteiger partial charge in [0.2, 0.25) is 0 Å². The Bertz CT molecular complexity index is 935. The first-order valence-electron chi connectivity index (χ1n) is 9.43. The van der Waals surface area contributed by atoms with Crippen molar-refractivity contribution in [1.82, 2.24) is 14.8 Å². The van der Waals surface area contributed by atoms with Crippen molar-refractivity contribution in [3.63, 3.8) is 0 Å². The summed E-state index contributed by atoms with van der Waals surface area (Å²) >= 11 is 0. The fourth-order valence-electron chi connectivity index (χ4n) is 2.88. The number of ether oxygens (including phenoxy) is 1. The summed E-state index contributed by atoms with van der Waals surface area (Å²) in [5, 5.41) is 7.23. The van der Waals surface area contributed by atoms with Crippen molar-refractivity contribution in [1.29, 1.82) is 0 Å². The topological polar surface area (TPSA) is 69.0 Å². The molecule has 0 aliphatic rings. The van der Waals surface area contributed by atoms with Crippen LogP contribution in [0.3, 0.4) is 0 Å². The molecule has 2 heterocycles. The Balaban J connectivity index is 1.63. The normalized spacial score (nSPS) is 12.0. The molecule has 0 aliphatic carbocycles. The fraction of sp³-hybridized carbons (Fsp3) is 0.318. The van der Waals surface area contributed by atoms with Crippen LogP contribution in [0.1, 0.15) is 43.4 Å². The standard InChI is InChI=1S/C22H26N4O2/c1-15(2)19-6-5-16(3)13-20(19)28-17(4)22(27)24-21-9-12-26(25-21)14-18-7-10-23-11-8-18/h5-13,15,17H,14H2,1-4H3,(H,24,25,27). The second-order valence-electron chi connectivity index (χ2n) is 7.20. The summed E-state index contributed by atoms with van der Waals surface area (Å²) in [5.74, 6) is 1.34. The predicted molar refractivity (Wildman–Crippen MR) is 110 cm³/mol. The number of carbonyl (C=O) groups excluding carboxylic acids is 1. The van der Waals surface area contributed by atoms with Gasteiger partial charge in [-0.1, -0.05) is 26.0 Å². The molecule has 0 saturated carbocycles. The van der Waals surface area contributed by atoms with E-state index in [1.807, 2.05) is 31.3 Å². The molecule has 1 unspecified atom stereocenters. The van der Waals surface area contributed by atoms with E-state index in [1.54, 1.807) is 30.1 Å².